The van der Waals surface area contributed by atoms with E-state index in [1.54, 1.807) is 0 Å². The molecule has 0 aromatic rings. The molecule has 0 saturated heterocycles. The fourth-order valence-corrected chi connectivity index (χ4v) is 4.79. The molecule has 2 aliphatic carbocycles. The molecule has 2 rings (SSSR count). The Labute approximate surface area is 132 Å². The molecule has 2 N–H and O–H groups in total. The van der Waals surface area contributed by atoms with Crippen LogP contribution in [-0.2, 0) is 0 Å². The molecule has 21 heavy (non-hydrogen) atoms. The molecule has 124 valence electrons. The van der Waals surface area contributed by atoms with Gasteiger partial charge in [0, 0.05) is 24.7 Å². The first-order valence-corrected chi connectivity index (χ1v) is 9.45. The second kappa shape index (κ2) is 7.46. The number of rotatable bonds is 6. The van der Waals surface area contributed by atoms with Gasteiger partial charge >= 0.3 is 0 Å². The van der Waals surface area contributed by atoms with Gasteiger partial charge in [0.05, 0.1) is 0 Å². The molecule has 0 heterocycles. The fourth-order valence-electron chi connectivity index (χ4n) is 4.79. The van der Waals surface area contributed by atoms with Crippen molar-refractivity contribution >= 4 is 0 Å². The summed E-state index contributed by atoms with van der Waals surface area (Å²) in [7, 11) is 0. The van der Waals surface area contributed by atoms with Gasteiger partial charge in [-0.2, -0.15) is 0 Å². The summed E-state index contributed by atoms with van der Waals surface area (Å²) >= 11 is 0. The Balaban J connectivity index is 2.11. The van der Waals surface area contributed by atoms with Crippen LogP contribution in [0.25, 0.3) is 0 Å². The Morgan fingerprint density at radius 1 is 1.00 bits per heavy atom. The van der Waals surface area contributed by atoms with Crippen LogP contribution in [0.15, 0.2) is 0 Å². The summed E-state index contributed by atoms with van der Waals surface area (Å²) < 4.78 is 0. The Morgan fingerprint density at radius 3 is 2.00 bits per heavy atom. The van der Waals surface area contributed by atoms with Gasteiger partial charge in [-0.15, -0.1) is 0 Å². The standard InChI is InChI=1S/C19H38N2/c1-15(2)13-21(18-7-5-6-8-18)19(14-20)11-9-17(10-12-19)16(3)4/h15-18H,5-14,20H2,1-4H3. The van der Waals surface area contributed by atoms with Gasteiger partial charge in [0.25, 0.3) is 0 Å². The Bertz CT molecular complexity index is 297. The summed E-state index contributed by atoms with van der Waals surface area (Å²) in [6.07, 6.45) is 11.1. The van der Waals surface area contributed by atoms with E-state index < -0.39 is 0 Å². The zero-order valence-corrected chi connectivity index (χ0v) is 14.9. The number of nitrogens with two attached hydrogens (primary N) is 1. The van der Waals surface area contributed by atoms with Crippen molar-refractivity contribution in [1.29, 1.82) is 0 Å². The summed E-state index contributed by atoms with van der Waals surface area (Å²) in [6.45, 7) is 11.6. The highest BCUT2D eigenvalue weighted by Gasteiger charge is 2.43. The van der Waals surface area contributed by atoms with Crippen LogP contribution >= 0.6 is 0 Å². The lowest BCUT2D eigenvalue weighted by molar-refractivity contribution is -0.00463. The second-order valence-electron chi connectivity index (χ2n) is 8.49. The molecule has 0 aliphatic heterocycles. The van der Waals surface area contributed by atoms with Crippen LogP contribution in [0.2, 0.25) is 0 Å². The van der Waals surface area contributed by atoms with E-state index in [1.165, 1.54) is 57.9 Å². The van der Waals surface area contributed by atoms with Crippen molar-refractivity contribution in [2.75, 3.05) is 13.1 Å². The predicted molar refractivity (Wildman–Crippen MR) is 92.4 cm³/mol. The third-order valence-corrected chi connectivity index (χ3v) is 6.22. The summed E-state index contributed by atoms with van der Waals surface area (Å²) in [4.78, 5) is 2.88. The molecular formula is C19H38N2. The smallest absolute Gasteiger partial charge is 0.0335 e. The lowest BCUT2D eigenvalue weighted by Crippen LogP contribution is -2.59. The van der Waals surface area contributed by atoms with Crippen LogP contribution in [0.1, 0.15) is 79.1 Å². The van der Waals surface area contributed by atoms with Crippen molar-refractivity contribution in [2.24, 2.45) is 23.5 Å². The Morgan fingerprint density at radius 2 is 1.57 bits per heavy atom. The molecule has 0 unspecified atom stereocenters. The average molecular weight is 295 g/mol. The summed E-state index contributed by atoms with van der Waals surface area (Å²) in [6, 6.07) is 0.812. The van der Waals surface area contributed by atoms with Crippen molar-refractivity contribution in [3.8, 4) is 0 Å². The maximum atomic E-state index is 6.36. The average Bonchev–Trinajstić information content (AvgIpc) is 2.98. The summed E-state index contributed by atoms with van der Waals surface area (Å²) in [5.74, 6) is 2.51. The molecule has 2 heteroatoms. The third-order valence-electron chi connectivity index (χ3n) is 6.22. The van der Waals surface area contributed by atoms with Crippen molar-refractivity contribution in [3.05, 3.63) is 0 Å². The first-order valence-electron chi connectivity index (χ1n) is 9.45. The molecule has 2 fully saturated rings. The molecule has 0 amide bonds. The molecule has 0 aromatic heterocycles. The largest absolute Gasteiger partial charge is 0.329 e. The molecule has 2 aliphatic rings. The second-order valence-corrected chi connectivity index (χ2v) is 8.49. The van der Waals surface area contributed by atoms with Crippen LogP contribution in [0.4, 0.5) is 0 Å². The van der Waals surface area contributed by atoms with Gasteiger partial charge < -0.3 is 5.73 Å². The summed E-state index contributed by atoms with van der Waals surface area (Å²) in [5, 5.41) is 0. The van der Waals surface area contributed by atoms with E-state index >= 15 is 0 Å². The lowest BCUT2D eigenvalue weighted by Gasteiger charge is -2.51. The minimum absolute atomic E-state index is 0.310. The van der Waals surface area contributed by atoms with Gasteiger partial charge in [0.2, 0.25) is 0 Å². The number of nitrogens with zero attached hydrogens (tertiary/aromatic N) is 1. The van der Waals surface area contributed by atoms with Crippen molar-refractivity contribution < 1.29 is 0 Å². The SMILES string of the molecule is CC(C)CN(C1CCCC1)C1(CN)CCC(C(C)C)CC1. The van der Waals surface area contributed by atoms with Gasteiger partial charge in [-0.1, -0.05) is 40.5 Å². The van der Waals surface area contributed by atoms with Gasteiger partial charge in [-0.05, 0) is 56.3 Å². The maximum Gasteiger partial charge on any atom is 0.0335 e. The molecular weight excluding hydrogens is 256 g/mol. The van der Waals surface area contributed by atoms with E-state index in [1.807, 2.05) is 0 Å². The first-order chi connectivity index (χ1) is 9.98. The van der Waals surface area contributed by atoms with Gasteiger partial charge in [0.15, 0.2) is 0 Å². The van der Waals surface area contributed by atoms with Crippen LogP contribution in [0.3, 0.4) is 0 Å². The minimum Gasteiger partial charge on any atom is -0.329 e. The van der Waals surface area contributed by atoms with Crippen LogP contribution in [0.5, 0.6) is 0 Å². The van der Waals surface area contributed by atoms with E-state index in [4.69, 9.17) is 5.73 Å². The van der Waals surface area contributed by atoms with Crippen molar-refractivity contribution in [2.45, 2.75) is 90.6 Å². The molecule has 0 spiro atoms. The van der Waals surface area contributed by atoms with Crippen LogP contribution < -0.4 is 5.73 Å². The molecule has 0 bridgehead atoms. The lowest BCUT2D eigenvalue weighted by atomic mass is 9.71. The highest BCUT2D eigenvalue weighted by Crippen LogP contribution is 2.42. The number of hydrogen-bond acceptors (Lipinski definition) is 2. The van der Waals surface area contributed by atoms with E-state index in [0.717, 1.165) is 30.3 Å². The number of hydrogen-bond donors (Lipinski definition) is 1. The fraction of sp³-hybridized carbons (Fsp3) is 1.00. The normalized spacial score (nSPS) is 31.7. The van der Waals surface area contributed by atoms with Crippen molar-refractivity contribution in [1.82, 2.24) is 4.90 Å². The zero-order chi connectivity index (χ0) is 15.5. The molecule has 2 nitrogen and oxygen atoms in total. The van der Waals surface area contributed by atoms with E-state index in [-0.39, 0.29) is 0 Å². The summed E-state index contributed by atoms with van der Waals surface area (Å²) in [5.41, 5.74) is 6.67. The van der Waals surface area contributed by atoms with E-state index in [0.29, 0.717) is 5.54 Å². The first kappa shape index (κ1) is 17.3. The third kappa shape index (κ3) is 4.01. The van der Waals surface area contributed by atoms with Crippen LogP contribution in [-0.4, -0.2) is 29.6 Å². The van der Waals surface area contributed by atoms with E-state index in [9.17, 15) is 0 Å². The molecule has 0 aromatic carbocycles. The zero-order valence-electron chi connectivity index (χ0n) is 14.9. The molecule has 0 atom stereocenters. The highest BCUT2D eigenvalue weighted by molar-refractivity contribution is 4.99. The monoisotopic (exact) mass is 294 g/mol. The quantitative estimate of drug-likeness (QED) is 0.785. The Kier molecular flexibility index (Phi) is 6.14. The highest BCUT2D eigenvalue weighted by atomic mass is 15.2. The Hall–Kier alpha value is -0.0800. The topological polar surface area (TPSA) is 29.3 Å². The van der Waals surface area contributed by atoms with Crippen LogP contribution in [0, 0.1) is 17.8 Å². The molecule has 2 saturated carbocycles. The molecule has 0 radical (unpaired) electrons. The van der Waals surface area contributed by atoms with Gasteiger partial charge in [0.1, 0.15) is 0 Å². The van der Waals surface area contributed by atoms with Gasteiger partial charge in [-0.3, -0.25) is 4.90 Å². The van der Waals surface area contributed by atoms with Crippen molar-refractivity contribution in [3.63, 3.8) is 0 Å². The minimum atomic E-state index is 0.310. The van der Waals surface area contributed by atoms with E-state index in [2.05, 4.69) is 32.6 Å². The predicted octanol–water partition coefficient (Wildman–Crippen LogP) is 4.43. The van der Waals surface area contributed by atoms with Gasteiger partial charge in [-0.25, -0.2) is 0 Å². The maximum absolute atomic E-state index is 6.36.